The van der Waals surface area contributed by atoms with Gasteiger partial charge in [-0.3, -0.25) is 4.79 Å². The molecule has 5 heteroatoms. The monoisotopic (exact) mass is 357 g/mol. The zero-order chi connectivity index (χ0) is 18.1. The highest BCUT2D eigenvalue weighted by molar-refractivity contribution is 6.30. The average Bonchev–Trinajstić information content (AvgIpc) is 2.59. The number of carbonyl (C=O) groups is 2. The second kappa shape index (κ2) is 9.64. The molecule has 2 aromatic carbocycles. The van der Waals surface area contributed by atoms with E-state index in [1.165, 1.54) is 6.08 Å². The van der Waals surface area contributed by atoms with E-state index in [1.807, 2.05) is 49.4 Å². The first kappa shape index (κ1) is 18.7. The van der Waals surface area contributed by atoms with Crippen LogP contribution in [0.2, 0.25) is 5.02 Å². The van der Waals surface area contributed by atoms with Crippen LogP contribution < -0.4 is 5.32 Å². The van der Waals surface area contributed by atoms with Gasteiger partial charge >= 0.3 is 5.97 Å². The molecule has 2 aromatic rings. The second-order valence-electron chi connectivity index (χ2n) is 5.58. The van der Waals surface area contributed by atoms with Crippen LogP contribution in [0.5, 0.6) is 0 Å². The molecule has 0 fully saturated rings. The molecule has 4 nitrogen and oxygen atoms in total. The summed E-state index contributed by atoms with van der Waals surface area (Å²) in [6, 6.07) is 15.2. The fraction of sp³-hybridized carbons (Fsp3) is 0.200. The second-order valence-corrected chi connectivity index (χ2v) is 6.02. The first-order valence-electron chi connectivity index (χ1n) is 7.95. The van der Waals surface area contributed by atoms with Crippen LogP contribution in [0.1, 0.15) is 16.7 Å². The fourth-order valence-corrected chi connectivity index (χ4v) is 2.33. The van der Waals surface area contributed by atoms with E-state index >= 15 is 0 Å². The van der Waals surface area contributed by atoms with Crippen molar-refractivity contribution >= 4 is 29.6 Å². The number of nitrogens with one attached hydrogen (secondary N) is 1. The lowest BCUT2D eigenvalue weighted by molar-refractivity contribution is -0.143. The van der Waals surface area contributed by atoms with Crippen LogP contribution in [0.4, 0.5) is 0 Å². The Bertz CT molecular complexity index is 754. The molecule has 0 spiro atoms. The maximum atomic E-state index is 11.7. The largest absolute Gasteiger partial charge is 0.452 e. The van der Waals surface area contributed by atoms with Crippen LogP contribution in [0.25, 0.3) is 6.08 Å². The van der Waals surface area contributed by atoms with Crippen molar-refractivity contribution in [2.24, 2.45) is 0 Å². The molecule has 0 bridgehead atoms. The van der Waals surface area contributed by atoms with E-state index < -0.39 is 5.97 Å². The Hall–Kier alpha value is -2.59. The molecule has 130 valence electrons. The van der Waals surface area contributed by atoms with Gasteiger partial charge in [0.2, 0.25) is 0 Å². The van der Waals surface area contributed by atoms with Gasteiger partial charge in [0.15, 0.2) is 6.61 Å². The van der Waals surface area contributed by atoms with Crippen LogP contribution in [-0.2, 0) is 20.7 Å². The molecule has 0 unspecified atom stereocenters. The molecule has 1 N–H and O–H groups in total. The zero-order valence-electron chi connectivity index (χ0n) is 14.0. The SMILES string of the molecule is Cc1ccc(/C=C/C(=O)OCC(=O)NCCc2cccc(Cl)c2)cc1. The number of rotatable bonds is 7. The molecule has 0 aromatic heterocycles. The predicted octanol–water partition coefficient (Wildman–Crippen LogP) is 3.56. The molecule has 2 rings (SSSR count). The smallest absolute Gasteiger partial charge is 0.331 e. The summed E-state index contributed by atoms with van der Waals surface area (Å²) in [5, 5.41) is 3.37. The van der Waals surface area contributed by atoms with Crippen molar-refractivity contribution in [1.29, 1.82) is 0 Å². The highest BCUT2D eigenvalue weighted by Gasteiger charge is 2.04. The summed E-state index contributed by atoms with van der Waals surface area (Å²) in [4.78, 5) is 23.3. The number of aryl methyl sites for hydroxylation is 1. The number of amides is 1. The van der Waals surface area contributed by atoms with Crippen molar-refractivity contribution in [2.45, 2.75) is 13.3 Å². The molecular weight excluding hydrogens is 338 g/mol. The standard InChI is InChI=1S/C20H20ClNO3/c1-15-5-7-16(8-6-15)9-10-20(24)25-14-19(23)22-12-11-17-3-2-4-18(21)13-17/h2-10,13H,11-12,14H2,1H3,(H,22,23)/b10-9+. The molecule has 0 heterocycles. The third-order valence-electron chi connectivity index (χ3n) is 3.46. The van der Waals surface area contributed by atoms with Crippen LogP contribution in [-0.4, -0.2) is 25.0 Å². The van der Waals surface area contributed by atoms with E-state index in [1.54, 1.807) is 12.1 Å². The summed E-state index contributed by atoms with van der Waals surface area (Å²) >= 11 is 5.90. The Kier molecular flexibility index (Phi) is 7.23. The minimum absolute atomic E-state index is 0.299. The minimum atomic E-state index is -0.550. The Morgan fingerprint density at radius 1 is 1.16 bits per heavy atom. The quantitative estimate of drug-likeness (QED) is 0.609. The Morgan fingerprint density at radius 2 is 1.92 bits per heavy atom. The minimum Gasteiger partial charge on any atom is -0.452 e. The number of hydrogen-bond donors (Lipinski definition) is 1. The van der Waals surface area contributed by atoms with Crippen LogP contribution in [0.3, 0.4) is 0 Å². The molecule has 0 aliphatic rings. The number of esters is 1. The molecular formula is C20H20ClNO3. The van der Waals surface area contributed by atoms with E-state index in [2.05, 4.69) is 5.32 Å². The van der Waals surface area contributed by atoms with Gasteiger partial charge in [-0.25, -0.2) is 4.79 Å². The maximum absolute atomic E-state index is 11.7. The van der Waals surface area contributed by atoms with Gasteiger partial charge < -0.3 is 10.1 Å². The van der Waals surface area contributed by atoms with Crippen LogP contribution >= 0.6 is 11.6 Å². The van der Waals surface area contributed by atoms with E-state index in [0.717, 1.165) is 16.7 Å². The average molecular weight is 358 g/mol. The van der Waals surface area contributed by atoms with Gasteiger partial charge in [0.25, 0.3) is 5.91 Å². The summed E-state index contributed by atoms with van der Waals surface area (Å²) in [6.07, 6.45) is 3.62. The van der Waals surface area contributed by atoms with Crippen molar-refractivity contribution in [3.8, 4) is 0 Å². The van der Waals surface area contributed by atoms with E-state index in [-0.39, 0.29) is 12.5 Å². The summed E-state index contributed by atoms with van der Waals surface area (Å²) in [7, 11) is 0. The number of halogens is 1. The summed E-state index contributed by atoms with van der Waals surface area (Å²) in [6.45, 7) is 2.15. The fourth-order valence-electron chi connectivity index (χ4n) is 2.12. The highest BCUT2D eigenvalue weighted by atomic mass is 35.5. The number of benzene rings is 2. The van der Waals surface area contributed by atoms with E-state index in [4.69, 9.17) is 16.3 Å². The Labute approximate surface area is 152 Å². The van der Waals surface area contributed by atoms with Crippen molar-refractivity contribution in [2.75, 3.05) is 13.2 Å². The first-order valence-corrected chi connectivity index (χ1v) is 8.33. The van der Waals surface area contributed by atoms with Crippen LogP contribution in [0, 0.1) is 6.92 Å². The molecule has 0 atom stereocenters. The topological polar surface area (TPSA) is 55.4 Å². The molecule has 0 saturated carbocycles. The Morgan fingerprint density at radius 3 is 2.64 bits per heavy atom. The first-order chi connectivity index (χ1) is 12.0. The summed E-state index contributed by atoms with van der Waals surface area (Å²) in [5.74, 6) is -0.885. The van der Waals surface area contributed by atoms with E-state index in [9.17, 15) is 9.59 Å². The van der Waals surface area contributed by atoms with Crippen molar-refractivity contribution < 1.29 is 14.3 Å². The number of carbonyl (C=O) groups excluding carboxylic acids is 2. The van der Waals surface area contributed by atoms with Gasteiger partial charge in [-0.15, -0.1) is 0 Å². The highest BCUT2D eigenvalue weighted by Crippen LogP contribution is 2.10. The zero-order valence-corrected chi connectivity index (χ0v) is 14.8. The lowest BCUT2D eigenvalue weighted by atomic mass is 10.1. The van der Waals surface area contributed by atoms with Gasteiger partial charge in [-0.05, 0) is 42.7 Å². The van der Waals surface area contributed by atoms with Gasteiger partial charge in [0.1, 0.15) is 0 Å². The van der Waals surface area contributed by atoms with Crippen LogP contribution in [0.15, 0.2) is 54.6 Å². The van der Waals surface area contributed by atoms with Gasteiger partial charge in [-0.2, -0.15) is 0 Å². The maximum Gasteiger partial charge on any atom is 0.331 e. The van der Waals surface area contributed by atoms with E-state index in [0.29, 0.717) is 18.0 Å². The van der Waals surface area contributed by atoms with Gasteiger partial charge in [-0.1, -0.05) is 53.6 Å². The molecule has 0 radical (unpaired) electrons. The van der Waals surface area contributed by atoms with Gasteiger partial charge in [0, 0.05) is 17.6 Å². The predicted molar refractivity (Wildman–Crippen MR) is 99.3 cm³/mol. The van der Waals surface area contributed by atoms with Gasteiger partial charge in [0.05, 0.1) is 0 Å². The molecule has 25 heavy (non-hydrogen) atoms. The normalized spacial score (nSPS) is 10.6. The van der Waals surface area contributed by atoms with Crippen molar-refractivity contribution in [3.05, 3.63) is 76.3 Å². The summed E-state index contributed by atoms with van der Waals surface area (Å²) in [5.41, 5.74) is 3.08. The molecule has 0 saturated heterocycles. The Balaban J connectivity index is 1.67. The third kappa shape index (κ3) is 7.23. The lowest BCUT2D eigenvalue weighted by Gasteiger charge is -2.06. The molecule has 0 aliphatic heterocycles. The van der Waals surface area contributed by atoms with Crippen molar-refractivity contribution in [1.82, 2.24) is 5.32 Å². The number of hydrogen-bond acceptors (Lipinski definition) is 3. The molecule has 1 amide bonds. The molecule has 0 aliphatic carbocycles. The third-order valence-corrected chi connectivity index (χ3v) is 3.69. The number of ether oxygens (including phenoxy) is 1. The summed E-state index contributed by atoms with van der Waals surface area (Å²) < 4.78 is 4.91. The lowest BCUT2D eigenvalue weighted by Crippen LogP contribution is -2.30. The van der Waals surface area contributed by atoms with Crippen molar-refractivity contribution in [3.63, 3.8) is 0 Å².